The van der Waals surface area contributed by atoms with Crippen LogP contribution < -0.4 is 5.73 Å². The van der Waals surface area contributed by atoms with Crippen molar-refractivity contribution in [1.82, 2.24) is 0 Å². The van der Waals surface area contributed by atoms with Crippen LogP contribution in [0.25, 0.3) is 0 Å². The number of amidine groups is 1. The van der Waals surface area contributed by atoms with E-state index in [1.165, 1.54) is 0 Å². The molecule has 2 aromatic carbocycles. The van der Waals surface area contributed by atoms with E-state index in [9.17, 15) is 0 Å². The van der Waals surface area contributed by atoms with Crippen molar-refractivity contribution >= 4 is 33.5 Å². The SMILES string of the molecule is N/C(=N\O)c1ccc(Sc2ccccc2Br)cc1. The fraction of sp³-hybridized carbons (Fsp3) is 0. The quantitative estimate of drug-likeness (QED) is 0.392. The van der Waals surface area contributed by atoms with E-state index in [1.807, 2.05) is 48.5 Å². The minimum Gasteiger partial charge on any atom is -0.409 e. The maximum Gasteiger partial charge on any atom is 0.170 e. The predicted octanol–water partition coefficient (Wildman–Crippen LogP) is 3.69. The lowest BCUT2D eigenvalue weighted by molar-refractivity contribution is 0.318. The highest BCUT2D eigenvalue weighted by atomic mass is 79.9. The van der Waals surface area contributed by atoms with Crippen molar-refractivity contribution in [3.05, 3.63) is 58.6 Å². The molecule has 3 N–H and O–H groups in total. The Morgan fingerprint density at radius 3 is 2.39 bits per heavy atom. The molecule has 0 unspecified atom stereocenters. The highest BCUT2D eigenvalue weighted by Crippen LogP contribution is 2.33. The molecule has 0 aliphatic carbocycles. The first kappa shape index (κ1) is 13.0. The summed E-state index contributed by atoms with van der Waals surface area (Å²) >= 11 is 5.16. The molecule has 0 aromatic heterocycles. The van der Waals surface area contributed by atoms with E-state index in [1.54, 1.807) is 11.8 Å². The molecule has 18 heavy (non-hydrogen) atoms. The first-order valence-electron chi connectivity index (χ1n) is 5.21. The monoisotopic (exact) mass is 322 g/mol. The van der Waals surface area contributed by atoms with E-state index >= 15 is 0 Å². The summed E-state index contributed by atoms with van der Waals surface area (Å²) in [5, 5.41) is 11.5. The summed E-state index contributed by atoms with van der Waals surface area (Å²) in [7, 11) is 0. The smallest absolute Gasteiger partial charge is 0.170 e. The van der Waals surface area contributed by atoms with Crippen molar-refractivity contribution < 1.29 is 5.21 Å². The van der Waals surface area contributed by atoms with Gasteiger partial charge in [-0.2, -0.15) is 0 Å². The molecule has 0 spiro atoms. The van der Waals surface area contributed by atoms with E-state index in [-0.39, 0.29) is 5.84 Å². The third kappa shape index (κ3) is 3.05. The van der Waals surface area contributed by atoms with Crippen LogP contribution in [0.5, 0.6) is 0 Å². The Kier molecular flexibility index (Phi) is 4.28. The molecule has 2 rings (SSSR count). The molecule has 0 saturated heterocycles. The lowest BCUT2D eigenvalue weighted by atomic mass is 10.2. The zero-order valence-electron chi connectivity index (χ0n) is 9.38. The van der Waals surface area contributed by atoms with E-state index in [0.29, 0.717) is 5.56 Å². The number of nitrogens with zero attached hydrogens (tertiary/aromatic N) is 1. The van der Waals surface area contributed by atoms with Crippen LogP contribution in [0.4, 0.5) is 0 Å². The van der Waals surface area contributed by atoms with Gasteiger partial charge in [-0.1, -0.05) is 41.2 Å². The van der Waals surface area contributed by atoms with Crippen LogP contribution in [-0.2, 0) is 0 Å². The second-order valence-electron chi connectivity index (χ2n) is 3.54. The van der Waals surface area contributed by atoms with Crippen LogP contribution in [0, 0.1) is 0 Å². The number of oxime groups is 1. The minimum atomic E-state index is 0.118. The fourth-order valence-corrected chi connectivity index (χ4v) is 2.77. The zero-order valence-corrected chi connectivity index (χ0v) is 11.8. The molecule has 0 aliphatic heterocycles. The van der Waals surface area contributed by atoms with Crippen molar-refractivity contribution in [2.45, 2.75) is 9.79 Å². The van der Waals surface area contributed by atoms with Gasteiger partial charge in [0.1, 0.15) is 0 Å². The number of hydrogen-bond donors (Lipinski definition) is 2. The predicted molar refractivity (Wildman–Crippen MR) is 77.2 cm³/mol. The zero-order chi connectivity index (χ0) is 13.0. The summed E-state index contributed by atoms with van der Waals surface area (Å²) in [4.78, 5) is 2.24. The fourth-order valence-electron chi connectivity index (χ4n) is 1.41. The first-order valence-corrected chi connectivity index (χ1v) is 6.82. The van der Waals surface area contributed by atoms with Crippen LogP contribution in [0.3, 0.4) is 0 Å². The third-order valence-corrected chi connectivity index (χ3v) is 4.36. The molecule has 0 atom stereocenters. The van der Waals surface area contributed by atoms with Gasteiger partial charge in [0.2, 0.25) is 0 Å². The Balaban J connectivity index is 2.19. The molecule has 5 heteroatoms. The minimum absolute atomic E-state index is 0.118. The second kappa shape index (κ2) is 5.93. The molecule has 92 valence electrons. The summed E-state index contributed by atoms with van der Waals surface area (Å²) in [6.45, 7) is 0. The highest BCUT2D eigenvalue weighted by Gasteiger charge is 2.03. The molecule has 0 aliphatic rings. The highest BCUT2D eigenvalue weighted by molar-refractivity contribution is 9.10. The number of benzene rings is 2. The number of hydrogen-bond acceptors (Lipinski definition) is 3. The first-order chi connectivity index (χ1) is 8.70. The van der Waals surface area contributed by atoms with Gasteiger partial charge in [0.25, 0.3) is 0 Å². The molecule has 0 saturated carbocycles. The van der Waals surface area contributed by atoms with Gasteiger partial charge in [-0.3, -0.25) is 0 Å². The van der Waals surface area contributed by atoms with Crippen LogP contribution in [0.15, 0.2) is 68.0 Å². The summed E-state index contributed by atoms with van der Waals surface area (Å²) in [6.07, 6.45) is 0. The topological polar surface area (TPSA) is 58.6 Å². The van der Waals surface area contributed by atoms with Gasteiger partial charge in [-0.25, -0.2) is 0 Å². The van der Waals surface area contributed by atoms with Gasteiger partial charge in [0.15, 0.2) is 5.84 Å². The molecule has 0 fully saturated rings. The van der Waals surface area contributed by atoms with Crippen molar-refractivity contribution in [2.75, 3.05) is 0 Å². The maximum atomic E-state index is 8.58. The average Bonchev–Trinajstić information content (AvgIpc) is 2.41. The Hall–Kier alpha value is -1.46. The molecule has 0 heterocycles. The van der Waals surface area contributed by atoms with E-state index in [4.69, 9.17) is 10.9 Å². The lowest BCUT2D eigenvalue weighted by Gasteiger charge is -2.05. The summed E-state index contributed by atoms with van der Waals surface area (Å²) in [6, 6.07) is 15.6. The largest absolute Gasteiger partial charge is 0.409 e. The Labute approximate surface area is 118 Å². The molecule has 0 radical (unpaired) electrons. The molecule has 0 amide bonds. The van der Waals surface area contributed by atoms with Gasteiger partial charge in [0.05, 0.1) is 0 Å². The van der Waals surface area contributed by atoms with Crippen LogP contribution >= 0.6 is 27.7 Å². The van der Waals surface area contributed by atoms with Crippen LogP contribution in [-0.4, -0.2) is 11.0 Å². The van der Waals surface area contributed by atoms with Gasteiger partial charge in [-0.15, -0.1) is 0 Å². The van der Waals surface area contributed by atoms with Crippen molar-refractivity contribution in [3.8, 4) is 0 Å². The van der Waals surface area contributed by atoms with Crippen molar-refractivity contribution in [3.63, 3.8) is 0 Å². The van der Waals surface area contributed by atoms with Crippen LogP contribution in [0.1, 0.15) is 5.56 Å². The third-order valence-electron chi connectivity index (χ3n) is 2.32. The molecular formula is C13H11BrN2OS. The lowest BCUT2D eigenvalue weighted by Crippen LogP contribution is -2.12. The average molecular weight is 323 g/mol. The molecule has 3 nitrogen and oxygen atoms in total. The number of nitrogens with two attached hydrogens (primary N) is 1. The van der Waals surface area contributed by atoms with E-state index in [0.717, 1.165) is 14.3 Å². The van der Waals surface area contributed by atoms with Gasteiger partial charge in [-0.05, 0) is 40.2 Å². The van der Waals surface area contributed by atoms with E-state index in [2.05, 4.69) is 21.1 Å². The summed E-state index contributed by atoms with van der Waals surface area (Å²) in [5.41, 5.74) is 6.21. The van der Waals surface area contributed by atoms with Crippen LogP contribution in [0.2, 0.25) is 0 Å². The maximum absolute atomic E-state index is 8.58. The molecular weight excluding hydrogens is 312 g/mol. The van der Waals surface area contributed by atoms with Gasteiger partial charge < -0.3 is 10.9 Å². The summed E-state index contributed by atoms with van der Waals surface area (Å²) < 4.78 is 1.07. The second-order valence-corrected chi connectivity index (χ2v) is 5.51. The van der Waals surface area contributed by atoms with Gasteiger partial charge in [0, 0.05) is 19.8 Å². The van der Waals surface area contributed by atoms with Gasteiger partial charge >= 0.3 is 0 Å². The number of halogens is 1. The molecule has 0 bridgehead atoms. The Morgan fingerprint density at radius 1 is 1.11 bits per heavy atom. The normalized spacial score (nSPS) is 11.5. The Morgan fingerprint density at radius 2 is 1.78 bits per heavy atom. The van der Waals surface area contributed by atoms with E-state index < -0.39 is 0 Å². The molecule has 2 aromatic rings. The summed E-state index contributed by atoms with van der Waals surface area (Å²) in [5.74, 6) is 0.118. The van der Waals surface area contributed by atoms with Crippen molar-refractivity contribution in [2.24, 2.45) is 10.9 Å². The van der Waals surface area contributed by atoms with Crippen molar-refractivity contribution in [1.29, 1.82) is 0 Å². The number of rotatable bonds is 3. The Bertz CT molecular complexity index is 569. The standard InChI is InChI=1S/C13H11BrN2OS/c14-11-3-1-2-4-12(11)18-10-7-5-9(6-8-10)13(15)16-17/h1-8,17H,(H2,15,16).